The first-order valence-corrected chi connectivity index (χ1v) is 9.41. The summed E-state index contributed by atoms with van der Waals surface area (Å²) in [5, 5.41) is 6.68. The van der Waals surface area contributed by atoms with Gasteiger partial charge in [-0.05, 0) is 42.3 Å². The summed E-state index contributed by atoms with van der Waals surface area (Å²) in [5.74, 6) is -0.640. The maximum atomic E-state index is 13.0. The van der Waals surface area contributed by atoms with Gasteiger partial charge in [0.1, 0.15) is 11.7 Å². The van der Waals surface area contributed by atoms with Crippen molar-refractivity contribution in [3.63, 3.8) is 0 Å². The third-order valence-corrected chi connectivity index (χ3v) is 4.73. The van der Waals surface area contributed by atoms with Gasteiger partial charge in [-0.2, -0.15) is 0 Å². The Morgan fingerprint density at radius 1 is 0.862 bits per heavy atom. The van der Waals surface area contributed by atoms with Gasteiger partial charge in [-0.15, -0.1) is 0 Å². The highest BCUT2D eigenvalue weighted by atomic mass is 16.2. The second-order valence-electron chi connectivity index (χ2n) is 6.95. The number of aromatic amines is 1. The third kappa shape index (κ3) is 4.19. The zero-order chi connectivity index (χ0) is 20.2. The number of aryl methyl sites for hydroxylation is 1. The van der Waals surface area contributed by atoms with Gasteiger partial charge < -0.3 is 15.6 Å². The Morgan fingerprint density at radius 2 is 1.55 bits per heavy atom. The monoisotopic (exact) mass is 383 g/mol. The van der Waals surface area contributed by atoms with Crippen LogP contribution in [0.3, 0.4) is 0 Å². The van der Waals surface area contributed by atoms with Crippen LogP contribution in [-0.4, -0.2) is 16.8 Å². The van der Waals surface area contributed by atoms with E-state index >= 15 is 0 Å². The molecule has 0 aliphatic rings. The Labute approximate surface area is 168 Å². The molecule has 4 rings (SSSR count). The van der Waals surface area contributed by atoms with Crippen molar-refractivity contribution in [3.05, 3.63) is 102 Å². The number of H-pyrrole nitrogens is 1. The fourth-order valence-corrected chi connectivity index (χ4v) is 3.25. The molecule has 4 aromatic rings. The van der Waals surface area contributed by atoms with Crippen LogP contribution in [0.5, 0.6) is 0 Å². The summed E-state index contributed by atoms with van der Waals surface area (Å²) in [6, 6.07) is 25.3. The largest absolute Gasteiger partial charge is 0.351 e. The van der Waals surface area contributed by atoms with Crippen LogP contribution in [0.25, 0.3) is 10.9 Å². The van der Waals surface area contributed by atoms with Gasteiger partial charge in [0.15, 0.2) is 0 Å². The summed E-state index contributed by atoms with van der Waals surface area (Å²) in [6.07, 6.45) is 0. The van der Waals surface area contributed by atoms with E-state index in [1.165, 1.54) is 0 Å². The van der Waals surface area contributed by atoms with E-state index in [1.807, 2.05) is 85.8 Å². The number of nitrogens with one attached hydrogen (secondary N) is 3. The van der Waals surface area contributed by atoms with Crippen molar-refractivity contribution in [1.82, 2.24) is 10.3 Å². The zero-order valence-electron chi connectivity index (χ0n) is 16.0. The molecule has 1 heterocycles. The number of hydrogen-bond acceptors (Lipinski definition) is 2. The Bertz CT molecular complexity index is 1150. The van der Waals surface area contributed by atoms with Crippen LogP contribution >= 0.6 is 0 Å². The molecule has 0 saturated carbocycles. The van der Waals surface area contributed by atoms with E-state index in [-0.39, 0.29) is 11.8 Å². The van der Waals surface area contributed by atoms with Crippen LogP contribution in [-0.2, 0) is 4.79 Å². The van der Waals surface area contributed by atoms with Gasteiger partial charge in [-0.25, -0.2) is 0 Å². The molecule has 3 N–H and O–H groups in total. The van der Waals surface area contributed by atoms with Crippen molar-refractivity contribution in [3.8, 4) is 0 Å². The summed E-state index contributed by atoms with van der Waals surface area (Å²) >= 11 is 0. The van der Waals surface area contributed by atoms with Gasteiger partial charge in [0, 0.05) is 16.6 Å². The Balaban J connectivity index is 1.60. The van der Waals surface area contributed by atoms with E-state index in [9.17, 15) is 9.59 Å². The van der Waals surface area contributed by atoms with Gasteiger partial charge in [0.05, 0.1) is 0 Å². The molecular weight excluding hydrogens is 362 g/mol. The standard InChI is InChI=1S/C24H21N3O2/c1-16-12-13-18-15-21(26-20(18)14-16)23(28)27-22(17-8-4-2-5-9-17)24(29)25-19-10-6-3-7-11-19/h2-15,22,26H,1H3,(H,25,29)(H,27,28). The van der Waals surface area contributed by atoms with Crippen LogP contribution in [0.2, 0.25) is 0 Å². The molecule has 0 radical (unpaired) electrons. The molecule has 5 nitrogen and oxygen atoms in total. The zero-order valence-corrected chi connectivity index (χ0v) is 16.0. The molecule has 144 valence electrons. The van der Waals surface area contributed by atoms with Crippen molar-refractivity contribution in [2.75, 3.05) is 5.32 Å². The second kappa shape index (κ2) is 8.02. The highest BCUT2D eigenvalue weighted by Gasteiger charge is 2.24. The predicted octanol–water partition coefficient (Wildman–Crippen LogP) is 4.59. The summed E-state index contributed by atoms with van der Waals surface area (Å²) in [6.45, 7) is 2.00. The van der Waals surface area contributed by atoms with Crippen molar-refractivity contribution < 1.29 is 9.59 Å². The normalized spacial score (nSPS) is 11.8. The lowest BCUT2D eigenvalue weighted by molar-refractivity contribution is -0.118. The lowest BCUT2D eigenvalue weighted by Gasteiger charge is -2.18. The number of anilines is 1. The summed E-state index contributed by atoms with van der Waals surface area (Å²) in [5.41, 5.74) is 3.80. The van der Waals surface area contributed by atoms with Crippen LogP contribution in [0.1, 0.15) is 27.7 Å². The molecule has 5 heteroatoms. The molecule has 0 aliphatic carbocycles. The third-order valence-electron chi connectivity index (χ3n) is 4.73. The Hall–Kier alpha value is -3.86. The lowest BCUT2D eigenvalue weighted by atomic mass is 10.1. The van der Waals surface area contributed by atoms with E-state index in [1.54, 1.807) is 6.07 Å². The van der Waals surface area contributed by atoms with E-state index in [2.05, 4.69) is 15.6 Å². The average Bonchev–Trinajstić information content (AvgIpc) is 3.16. The summed E-state index contributed by atoms with van der Waals surface area (Å²) in [7, 11) is 0. The van der Waals surface area contributed by atoms with E-state index in [0.717, 1.165) is 16.5 Å². The molecule has 0 bridgehead atoms. The fraction of sp³-hybridized carbons (Fsp3) is 0.0833. The molecule has 29 heavy (non-hydrogen) atoms. The molecule has 1 atom stereocenters. The number of aromatic nitrogens is 1. The maximum absolute atomic E-state index is 13.0. The van der Waals surface area contributed by atoms with Gasteiger partial charge in [0.25, 0.3) is 11.8 Å². The average molecular weight is 383 g/mol. The number of rotatable bonds is 5. The van der Waals surface area contributed by atoms with Crippen molar-refractivity contribution in [2.24, 2.45) is 0 Å². The minimum Gasteiger partial charge on any atom is -0.351 e. The first-order chi connectivity index (χ1) is 14.1. The van der Waals surface area contributed by atoms with Crippen LogP contribution in [0.4, 0.5) is 5.69 Å². The number of carbonyl (C=O) groups excluding carboxylic acids is 2. The number of fused-ring (bicyclic) bond motifs is 1. The van der Waals surface area contributed by atoms with Crippen LogP contribution in [0, 0.1) is 6.92 Å². The van der Waals surface area contributed by atoms with E-state index in [4.69, 9.17) is 0 Å². The first kappa shape index (κ1) is 18.5. The van der Waals surface area contributed by atoms with Crippen molar-refractivity contribution in [1.29, 1.82) is 0 Å². The lowest BCUT2D eigenvalue weighted by Crippen LogP contribution is -2.37. The SMILES string of the molecule is Cc1ccc2cc(C(=O)NC(C(=O)Nc3ccccc3)c3ccccc3)[nH]c2c1. The predicted molar refractivity (Wildman–Crippen MR) is 115 cm³/mol. The van der Waals surface area contributed by atoms with Crippen LogP contribution in [0.15, 0.2) is 84.9 Å². The Kier molecular flexibility index (Phi) is 5.12. The number of carbonyl (C=O) groups is 2. The molecule has 3 aromatic carbocycles. The number of hydrogen-bond donors (Lipinski definition) is 3. The minimum absolute atomic E-state index is 0.303. The molecule has 2 amide bonds. The topological polar surface area (TPSA) is 74.0 Å². The molecular formula is C24H21N3O2. The number of amides is 2. The minimum atomic E-state index is -0.822. The number of benzene rings is 3. The highest BCUT2D eigenvalue weighted by Crippen LogP contribution is 2.20. The summed E-state index contributed by atoms with van der Waals surface area (Å²) < 4.78 is 0. The molecule has 0 saturated heterocycles. The Morgan fingerprint density at radius 3 is 2.28 bits per heavy atom. The molecule has 0 spiro atoms. The maximum Gasteiger partial charge on any atom is 0.268 e. The molecule has 1 aromatic heterocycles. The van der Waals surface area contributed by atoms with Gasteiger partial charge >= 0.3 is 0 Å². The smallest absolute Gasteiger partial charge is 0.268 e. The van der Waals surface area contributed by atoms with Crippen molar-refractivity contribution in [2.45, 2.75) is 13.0 Å². The van der Waals surface area contributed by atoms with Gasteiger partial charge in [-0.1, -0.05) is 60.7 Å². The number of para-hydroxylation sites is 1. The molecule has 0 fully saturated rings. The molecule has 1 unspecified atom stereocenters. The quantitative estimate of drug-likeness (QED) is 0.472. The summed E-state index contributed by atoms with van der Waals surface area (Å²) in [4.78, 5) is 29.0. The highest BCUT2D eigenvalue weighted by molar-refractivity contribution is 6.03. The van der Waals surface area contributed by atoms with Gasteiger partial charge in [-0.3, -0.25) is 9.59 Å². The molecule has 0 aliphatic heterocycles. The van der Waals surface area contributed by atoms with Crippen LogP contribution < -0.4 is 10.6 Å². The van der Waals surface area contributed by atoms with Gasteiger partial charge in [0.2, 0.25) is 0 Å². The second-order valence-corrected chi connectivity index (χ2v) is 6.95. The van der Waals surface area contributed by atoms with E-state index in [0.29, 0.717) is 16.9 Å². The van der Waals surface area contributed by atoms with E-state index < -0.39 is 6.04 Å². The first-order valence-electron chi connectivity index (χ1n) is 9.41. The van der Waals surface area contributed by atoms with Crippen molar-refractivity contribution >= 4 is 28.4 Å². The fourth-order valence-electron chi connectivity index (χ4n) is 3.25.